The summed E-state index contributed by atoms with van der Waals surface area (Å²) in [5.74, 6) is 0.289. The van der Waals surface area contributed by atoms with Crippen LogP contribution < -0.4 is 9.47 Å². The van der Waals surface area contributed by atoms with Crippen molar-refractivity contribution in [3.63, 3.8) is 0 Å². The monoisotopic (exact) mass is 314 g/mol. The van der Waals surface area contributed by atoms with Crippen molar-refractivity contribution < 1.29 is 23.8 Å². The molecule has 5 heteroatoms. The SMILES string of the molecule is Cc1ccccc1OCC(=O)COC(=O)COc1ccccc1. The van der Waals surface area contributed by atoms with Gasteiger partial charge < -0.3 is 14.2 Å². The summed E-state index contributed by atoms with van der Waals surface area (Å²) in [5, 5.41) is 0. The molecule has 23 heavy (non-hydrogen) atoms. The Kier molecular flexibility index (Phi) is 6.17. The van der Waals surface area contributed by atoms with E-state index in [-0.39, 0.29) is 25.6 Å². The molecular weight excluding hydrogens is 296 g/mol. The summed E-state index contributed by atoms with van der Waals surface area (Å²) >= 11 is 0. The van der Waals surface area contributed by atoms with Crippen molar-refractivity contribution in [1.29, 1.82) is 0 Å². The Morgan fingerprint density at radius 3 is 2.26 bits per heavy atom. The summed E-state index contributed by atoms with van der Waals surface area (Å²) in [6.45, 7) is 1.18. The van der Waals surface area contributed by atoms with Crippen LogP contribution in [-0.2, 0) is 14.3 Å². The highest BCUT2D eigenvalue weighted by atomic mass is 16.6. The molecule has 0 aliphatic carbocycles. The first-order valence-electron chi connectivity index (χ1n) is 7.19. The van der Waals surface area contributed by atoms with Gasteiger partial charge in [0.05, 0.1) is 0 Å². The van der Waals surface area contributed by atoms with Gasteiger partial charge in [-0.2, -0.15) is 0 Å². The number of ketones is 1. The molecule has 0 radical (unpaired) electrons. The van der Waals surface area contributed by atoms with Crippen LogP contribution in [0, 0.1) is 6.92 Å². The number of esters is 1. The highest BCUT2D eigenvalue weighted by Gasteiger charge is 2.10. The minimum atomic E-state index is -0.599. The van der Waals surface area contributed by atoms with E-state index in [4.69, 9.17) is 14.2 Å². The number of ether oxygens (including phenoxy) is 3. The van der Waals surface area contributed by atoms with Gasteiger partial charge in [-0.05, 0) is 30.7 Å². The maximum Gasteiger partial charge on any atom is 0.344 e. The standard InChI is InChI=1S/C18H18O5/c1-14-7-5-6-10-17(14)22-11-15(19)12-23-18(20)13-21-16-8-3-2-4-9-16/h2-10H,11-13H2,1H3. The topological polar surface area (TPSA) is 61.8 Å². The number of rotatable bonds is 8. The number of para-hydroxylation sites is 2. The molecule has 2 rings (SSSR count). The van der Waals surface area contributed by atoms with Crippen molar-refractivity contribution in [3.05, 3.63) is 60.2 Å². The lowest BCUT2D eigenvalue weighted by Crippen LogP contribution is -2.23. The summed E-state index contributed by atoms with van der Waals surface area (Å²) in [6, 6.07) is 16.3. The van der Waals surface area contributed by atoms with Gasteiger partial charge in [0, 0.05) is 0 Å². The quantitative estimate of drug-likeness (QED) is 0.701. The molecule has 0 N–H and O–H groups in total. The molecule has 0 bridgehead atoms. The summed E-state index contributed by atoms with van der Waals surface area (Å²) in [4.78, 5) is 23.2. The van der Waals surface area contributed by atoms with Gasteiger partial charge in [-0.1, -0.05) is 36.4 Å². The number of carbonyl (C=O) groups is 2. The van der Waals surface area contributed by atoms with Crippen molar-refractivity contribution in [2.45, 2.75) is 6.92 Å². The number of benzene rings is 2. The van der Waals surface area contributed by atoms with Crippen LogP contribution in [0.25, 0.3) is 0 Å². The fourth-order valence-electron chi connectivity index (χ4n) is 1.78. The van der Waals surface area contributed by atoms with Crippen LogP contribution in [0.15, 0.2) is 54.6 Å². The molecule has 0 saturated heterocycles. The molecule has 2 aromatic carbocycles. The summed E-state index contributed by atoms with van der Waals surface area (Å²) in [6.07, 6.45) is 0. The molecule has 0 spiro atoms. The molecule has 0 aromatic heterocycles. The van der Waals surface area contributed by atoms with E-state index in [0.717, 1.165) is 5.56 Å². The second-order valence-corrected chi connectivity index (χ2v) is 4.86. The molecule has 0 amide bonds. The van der Waals surface area contributed by atoms with E-state index < -0.39 is 5.97 Å². The average molecular weight is 314 g/mol. The highest BCUT2D eigenvalue weighted by molar-refractivity contribution is 5.83. The Hall–Kier alpha value is -2.82. The molecule has 0 unspecified atom stereocenters. The van der Waals surface area contributed by atoms with Gasteiger partial charge in [-0.15, -0.1) is 0 Å². The van der Waals surface area contributed by atoms with Crippen LogP contribution >= 0.6 is 0 Å². The van der Waals surface area contributed by atoms with Gasteiger partial charge in [0.25, 0.3) is 0 Å². The van der Waals surface area contributed by atoms with E-state index >= 15 is 0 Å². The first-order chi connectivity index (χ1) is 11.1. The Balaban J connectivity index is 1.66. The lowest BCUT2D eigenvalue weighted by atomic mass is 10.2. The van der Waals surface area contributed by atoms with Crippen LogP contribution in [0.3, 0.4) is 0 Å². The van der Waals surface area contributed by atoms with Crippen LogP contribution in [0.2, 0.25) is 0 Å². The first-order valence-corrected chi connectivity index (χ1v) is 7.19. The van der Waals surface area contributed by atoms with Gasteiger partial charge in [0.2, 0.25) is 5.78 Å². The minimum Gasteiger partial charge on any atom is -0.485 e. The Morgan fingerprint density at radius 2 is 1.52 bits per heavy atom. The third-order valence-corrected chi connectivity index (χ3v) is 2.98. The molecule has 5 nitrogen and oxygen atoms in total. The number of carbonyl (C=O) groups excluding carboxylic acids is 2. The van der Waals surface area contributed by atoms with Crippen molar-refractivity contribution >= 4 is 11.8 Å². The normalized spacial score (nSPS) is 9.96. The summed E-state index contributed by atoms with van der Waals surface area (Å²) in [5.41, 5.74) is 0.938. The maximum atomic E-state index is 11.7. The summed E-state index contributed by atoms with van der Waals surface area (Å²) < 4.78 is 15.5. The van der Waals surface area contributed by atoms with Gasteiger partial charge in [-0.3, -0.25) is 4.79 Å². The van der Waals surface area contributed by atoms with Gasteiger partial charge in [-0.25, -0.2) is 4.79 Å². The van der Waals surface area contributed by atoms with Gasteiger partial charge in [0.15, 0.2) is 19.8 Å². The fraction of sp³-hybridized carbons (Fsp3) is 0.222. The predicted molar refractivity (Wildman–Crippen MR) is 84.6 cm³/mol. The zero-order valence-corrected chi connectivity index (χ0v) is 12.9. The van der Waals surface area contributed by atoms with Crippen molar-refractivity contribution in [3.8, 4) is 11.5 Å². The van der Waals surface area contributed by atoms with Crippen molar-refractivity contribution in [2.24, 2.45) is 0 Å². The number of Topliss-reactive ketones (excluding diaryl/α,β-unsaturated/α-hetero) is 1. The molecule has 0 fully saturated rings. The van der Waals surface area contributed by atoms with Crippen molar-refractivity contribution in [2.75, 3.05) is 19.8 Å². The van der Waals surface area contributed by atoms with Crippen LogP contribution in [0.1, 0.15) is 5.56 Å². The van der Waals surface area contributed by atoms with E-state index in [1.807, 2.05) is 31.2 Å². The second kappa shape index (κ2) is 8.58. The van der Waals surface area contributed by atoms with E-state index in [0.29, 0.717) is 11.5 Å². The fourth-order valence-corrected chi connectivity index (χ4v) is 1.78. The molecular formula is C18H18O5. The van der Waals surface area contributed by atoms with Gasteiger partial charge >= 0.3 is 5.97 Å². The Morgan fingerprint density at radius 1 is 0.826 bits per heavy atom. The summed E-state index contributed by atoms with van der Waals surface area (Å²) in [7, 11) is 0. The Bertz CT molecular complexity index is 651. The number of hydrogen-bond acceptors (Lipinski definition) is 5. The van der Waals surface area contributed by atoms with Crippen LogP contribution in [0.4, 0.5) is 0 Å². The van der Waals surface area contributed by atoms with Gasteiger partial charge in [0.1, 0.15) is 11.5 Å². The largest absolute Gasteiger partial charge is 0.485 e. The molecule has 0 heterocycles. The third kappa shape index (κ3) is 5.82. The van der Waals surface area contributed by atoms with Crippen molar-refractivity contribution in [1.82, 2.24) is 0 Å². The zero-order valence-electron chi connectivity index (χ0n) is 12.9. The smallest absolute Gasteiger partial charge is 0.344 e. The van der Waals surface area contributed by atoms with E-state index in [1.165, 1.54) is 0 Å². The third-order valence-electron chi connectivity index (χ3n) is 2.98. The molecule has 0 atom stereocenters. The number of hydrogen-bond donors (Lipinski definition) is 0. The molecule has 120 valence electrons. The number of aryl methyl sites for hydroxylation is 1. The maximum absolute atomic E-state index is 11.7. The van der Waals surface area contributed by atoms with E-state index in [2.05, 4.69) is 0 Å². The Labute approximate surface area is 134 Å². The van der Waals surface area contributed by atoms with Crippen LogP contribution in [-0.4, -0.2) is 31.6 Å². The first kappa shape index (κ1) is 16.5. The molecule has 0 saturated carbocycles. The lowest BCUT2D eigenvalue weighted by Gasteiger charge is -2.09. The minimum absolute atomic E-state index is 0.141. The molecule has 0 aliphatic heterocycles. The van der Waals surface area contributed by atoms with Crippen LogP contribution in [0.5, 0.6) is 11.5 Å². The highest BCUT2D eigenvalue weighted by Crippen LogP contribution is 2.15. The predicted octanol–water partition coefficient (Wildman–Crippen LogP) is 2.57. The molecule has 2 aromatic rings. The lowest BCUT2D eigenvalue weighted by molar-refractivity contribution is -0.150. The second-order valence-electron chi connectivity index (χ2n) is 4.86. The zero-order chi connectivity index (χ0) is 16.5. The van der Waals surface area contributed by atoms with E-state index in [9.17, 15) is 9.59 Å². The van der Waals surface area contributed by atoms with E-state index in [1.54, 1.807) is 30.3 Å². The molecule has 0 aliphatic rings. The average Bonchev–Trinajstić information content (AvgIpc) is 2.58.